The number of nitrogens with two attached hydrogens (primary N) is 1. The maximum absolute atomic E-state index is 5.93. The van der Waals surface area contributed by atoms with E-state index in [4.69, 9.17) is 5.73 Å². The van der Waals surface area contributed by atoms with Crippen molar-refractivity contribution in [2.24, 2.45) is 10.7 Å². The Kier molecular flexibility index (Phi) is 4.48. The van der Waals surface area contributed by atoms with Gasteiger partial charge in [-0.1, -0.05) is 0 Å². The van der Waals surface area contributed by atoms with E-state index in [9.17, 15) is 0 Å². The van der Waals surface area contributed by atoms with Crippen LogP contribution in [-0.4, -0.2) is 16.9 Å². The minimum absolute atomic E-state index is 0. The minimum atomic E-state index is 0. The summed E-state index contributed by atoms with van der Waals surface area (Å²) in [4.78, 5) is 8.75. The molecule has 0 bridgehead atoms. The van der Waals surface area contributed by atoms with Crippen molar-refractivity contribution in [3.8, 4) is 0 Å². The molecule has 1 aromatic heterocycles. The number of rotatable bonds is 2. The number of aliphatic imine (C=N–C) groups is 1. The summed E-state index contributed by atoms with van der Waals surface area (Å²) in [5.41, 5.74) is 7.94. The first kappa shape index (κ1) is 13.9. The van der Waals surface area contributed by atoms with Gasteiger partial charge in [0.15, 0.2) is 0 Å². The number of hydrogen-bond donors (Lipinski definition) is 1. The predicted molar refractivity (Wildman–Crippen MR) is 77.5 cm³/mol. The first-order valence-electron chi connectivity index (χ1n) is 5.27. The van der Waals surface area contributed by atoms with Crippen LogP contribution in [0, 0.1) is 6.92 Å². The van der Waals surface area contributed by atoms with Crippen LogP contribution in [0.15, 0.2) is 23.2 Å². The number of aryl methyl sites for hydroxylation is 1. The van der Waals surface area contributed by atoms with Crippen LogP contribution in [0.25, 0.3) is 10.2 Å². The lowest BCUT2D eigenvalue weighted by Crippen LogP contribution is -2.15. The number of halogens is 1. The molecule has 0 atom stereocenters. The number of benzene rings is 1. The van der Waals surface area contributed by atoms with Gasteiger partial charge in [-0.3, -0.25) is 4.99 Å². The van der Waals surface area contributed by atoms with E-state index in [0.717, 1.165) is 20.8 Å². The average molecular weight is 270 g/mol. The maximum atomic E-state index is 5.93. The zero-order chi connectivity index (χ0) is 11.7. The van der Waals surface area contributed by atoms with Crippen LogP contribution in [0.2, 0.25) is 0 Å². The highest BCUT2D eigenvalue weighted by Gasteiger charge is 2.04. The highest BCUT2D eigenvalue weighted by molar-refractivity contribution is 7.18. The second-order valence-corrected chi connectivity index (χ2v) is 5.26. The van der Waals surface area contributed by atoms with Crippen molar-refractivity contribution in [2.75, 3.05) is 0 Å². The maximum Gasteiger partial charge on any atom is 0.125 e. The van der Waals surface area contributed by atoms with Crippen LogP contribution in [0.1, 0.15) is 24.4 Å². The zero-order valence-corrected chi connectivity index (χ0v) is 11.7. The molecule has 0 unspecified atom stereocenters. The summed E-state index contributed by atoms with van der Waals surface area (Å²) in [6.07, 6.45) is 0. The van der Waals surface area contributed by atoms with Gasteiger partial charge in [0.1, 0.15) is 5.84 Å². The quantitative estimate of drug-likeness (QED) is 0.673. The van der Waals surface area contributed by atoms with Crippen LogP contribution in [-0.2, 0) is 0 Å². The molecule has 17 heavy (non-hydrogen) atoms. The van der Waals surface area contributed by atoms with Crippen LogP contribution >= 0.6 is 23.7 Å². The number of nitrogens with zero attached hydrogens (tertiary/aromatic N) is 2. The average Bonchev–Trinajstić information content (AvgIpc) is 2.55. The zero-order valence-electron chi connectivity index (χ0n) is 10.1. The molecule has 5 heteroatoms. The highest BCUT2D eigenvalue weighted by Crippen LogP contribution is 2.22. The number of aromatic nitrogens is 1. The summed E-state index contributed by atoms with van der Waals surface area (Å²) in [6, 6.07) is 6.25. The van der Waals surface area contributed by atoms with Gasteiger partial charge in [0.2, 0.25) is 0 Å². The summed E-state index contributed by atoms with van der Waals surface area (Å²) in [5.74, 6) is 0.600. The number of fused-ring (bicyclic) bond motifs is 1. The fourth-order valence-electron chi connectivity index (χ4n) is 1.55. The highest BCUT2D eigenvalue weighted by atomic mass is 35.5. The van der Waals surface area contributed by atoms with Crippen molar-refractivity contribution in [1.29, 1.82) is 0 Å². The van der Waals surface area contributed by atoms with Gasteiger partial charge >= 0.3 is 0 Å². The Morgan fingerprint density at radius 1 is 1.41 bits per heavy atom. The number of hydrogen-bond acceptors (Lipinski definition) is 3. The van der Waals surface area contributed by atoms with Crippen LogP contribution in [0.5, 0.6) is 0 Å². The van der Waals surface area contributed by atoms with Gasteiger partial charge < -0.3 is 5.73 Å². The summed E-state index contributed by atoms with van der Waals surface area (Å²) >= 11 is 1.68. The monoisotopic (exact) mass is 269 g/mol. The molecule has 0 fully saturated rings. The van der Waals surface area contributed by atoms with Gasteiger partial charge in [0, 0.05) is 11.6 Å². The molecule has 0 aliphatic carbocycles. The van der Waals surface area contributed by atoms with E-state index < -0.39 is 0 Å². The lowest BCUT2D eigenvalue weighted by molar-refractivity contribution is 0.834. The topological polar surface area (TPSA) is 51.3 Å². The van der Waals surface area contributed by atoms with E-state index in [2.05, 4.69) is 16.0 Å². The summed E-state index contributed by atoms with van der Waals surface area (Å²) in [6.45, 7) is 6.04. The van der Waals surface area contributed by atoms with E-state index in [1.165, 1.54) is 0 Å². The molecule has 2 N–H and O–H groups in total. The third-order valence-corrected chi connectivity index (χ3v) is 3.12. The van der Waals surface area contributed by atoms with Gasteiger partial charge in [0.05, 0.1) is 15.2 Å². The second kappa shape index (κ2) is 5.47. The molecule has 1 aromatic carbocycles. The van der Waals surface area contributed by atoms with Crippen molar-refractivity contribution in [2.45, 2.75) is 26.8 Å². The van der Waals surface area contributed by atoms with Crippen LogP contribution in [0.3, 0.4) is 0 Å². The second-order valence-electron chi connectivity index (χ2n) is 4.02. The smallest absolute Gasteiger partial charge is 0.125 e. The summed E-state index contributed by atoms with van der Waals surface area (Å²) < 4.78 is 1.16. The first-order valence-corrected chi connectivity index (χ1v) is 6.09. The SMILES string of the molecule is Cc1nc2ccc(C(N)=NC(C)C)cc2s1.Cl. The van der Waals surface area contributed by atoms with Gasteiger partial charge in [-0.15, -0.1) is 23.7 Å². The van der Waals surface area contributed by atoms with E-state index in [0.29, 0.717) is 5.84 Å². The van der Waals surface area contributed by atoms with Crippen molar-refractivity contribution in [3.05, 3.63) is 28.8 Å². The minimum Gasteiger partial charge on any atom is -0.383 e. The fourth-order valence-corrected chi connectivity index (χ4v) is 2.42. The molecular formula is C12H16ClN3S. The Morgan fingerprint density at radius 2 is 2.12 bits per heavy atom. The van der Waals surface area contributed by atoms with Crippen molar-refractivity contribution >= 4 is 39.8 Å². The molecule has 2 rings (SSSR count). The van der Waals surface area contributed by atoms with E-state index in [1.807, 2.05) is 32.9 Å². The Balaban J connectivity index is 0.00000144. The van der Waals surface area contributed by atoms with Crippen LogP contribution in [0.4, 0.5) is 0 Å². The molecule has 0 radical (unpaired) electrons. The lowest BCUT2D eigenvalue weighted by Gasteiger charge is -2.02. The standard InChI is InChI=1S/C12H15N3S.ClH/c1-7(2)14-12(13)9-4-5-10-11(6-9)16-8(3)15-10;/h4-7H,1-3H3,(H2,13,14);1H. The van der Waals surface area contributed by atoms with Gasteiger partial charge in [-0.05, 0) is 39.0 Å². The third kappa shape index (κ3) is 3.17. The fraction of sp³-hybridized carbons (Fsp3) is 0.333. The normalized spacial score (nSPS) is 11.9. The Bertz CT molecular complexity index is 546. The van der Waals surface area contributed by atoms with Gasteiger partial charge in [-0.25, -0.2) is 4.98 Å². The molecular weight excluding hydrogens is 254 g/mol. The predicted octanol–water partition coefficient (Wildman–Crippen LogP) is 3.14. The van der Waals surface area contributed by atoms with Gasteiger partial charge in [0.25, 0.3) is 0 Å². The molecule has 1 heterocycles. The Labute approximate surface area is 111 Å². The number of amidine groups is 1. The summed E-state index contributed by atoms with van der Waals surface area (Å²) in [5, 5.41) is 1.08. The molecule has 0 saturated carbocycles. The van der Waals surface area contributed by atoms with Crippen molar-refractivity contribution < 1.29 is 0 Å². The molecule has 0 aliphatic heterocycles. The van der Waals surface area contributed by atoms with Crippen LogP contribution < -0.4 is 5.73 Å². The van der Waals surface area contributed by atoms with E-state index in [-0.39, 0.29) is 18.4 Å². The number of thiazole rings is 1. The van der Waals surface area contributed by atoms with Crippen molar-refractivity contribution in [1.82, 2.24) is 4.98 Å². The van der Waals surface area contributed by atoms with Gasteiger partial charge in [-0.2, -0.15) is 0 Å². The van der Waals surface area contributed by atoms with E-state index >= 15 is 0 Å². The molecule has 3 nitrogen and oxygen atoms in total. The van der Waals surface area contributed by atoms with E-state index in [1.54, 1.807) is 11.3 Å². The summed E-state index contributed by atoms with van der Waals surface area (Å²) in [7, 11) is 0. The largest absolute Gasteiger partial charge is 0.383 e. The molecule has 92 valence electrons. The Hall–Kier alpha value is -1.13. The molecule has 2 aromatic rings. The molecule has 0 aliphatic rings. The Morgan fingerprint density at radius 3 is 2.76 bits per heavy atom. The molecule has 0 saturated heterocycles. The third-order valence-electron chi connectivity index (χ3n) is 2.19. The molecule has 0 spiro atoms. The molecule has 0 amide bonds. The first-order chi connectivity index (χ1) is 7.56. The van der Waals surface area contributed by atoms with Crippen molar-refractivity contribution in [3.63, 3.8) is 0 Å². The lowest BCUT2D eigenvalue weighted by atomic mass is 10.2.